The highest BCUT2D eigenvalue weighted by Crippen LogP contribution is 2.27. The average Bonchev–Trinajstić information content (AvgIpc) is 2.57. The van der Waals surface area contributed by atoms with Crippen molar-refractivity contribution in [2.24, 2.45) is 0 Å². The standard InChI is InChI=1S/C16H23F2NO/c1-2-8-19-9-3-6-16(20,7-10-19)12-13-11-14(17)4-5-15(13)18/h4-5,11,20H,2-3,6-10,12H2,1H3. The topological polar surface area (TPSA) is 23.5 Å². The van der Waals surface area contributed by atoms with Gasteiger partial charge >= 0.3 is 0 Å². The summed E-state index contributed by atoms with van der Waals surface area (Å²) in [5, 5.41) is 10.7. The summed E-state index contributed by atoms with van der Waals surface area (Å²) in [6.45, 7) is 4.96. The number of hydrogen-bond acceptors (Lipinski definition) is 2. The van der Waals surface area contributed by atoms with Gasteiger partial charge in [-0.2, -0.15) is 0 Å². The smallest absolute Gasteiger partial charge is 0.126 e. The Balaban J connectivity index is 2.05. The van der Waals surface area contributed by atoms with Gasteiger partial charge < -0.3 is 10.0 Å². The summed E-state index contributed by atoms with van der Waals surface area (Å²) >= 11 is 0. The fourth-order valence-electron chi connectivity index (χ4n) is 2.98. The van der Waals surface area contributed by atoms with Crippen molar-refractivity contribution in [3.63, 3.8) is 0 Å². The van der Waals surface area contributed by atoms with Gasteiger partial charge in [-0.05, 0) is 62.5 Å². The molecule has 0 bridgehead atoms. The molecule has 1 N–H and O–H groups in total. The third-order valence-electron chi connectivity index (χ3n) is 4.08. The number of nitrogens with zero attached hydrogens (tertiary/aromatic N) is 1. The second kappa shape index (κ2) is 6.64. The number of rotatable bonds is 4. The molecule has 1 fully saturated rings. The van der Waals surface area contributed by atoms with Crippen LogP contribution in [0.2, 0.25) is 0 Å². The first-order chi connectivity index (χ1) is 9.52. The van der Waals surface area contributed by atoms with Gasteiger partial charge in [0.05, 0.1) is 5.60 Å². The SMILES string of the molecule is CCCN1CCCC(O)(Cc2cc(F)ccc2F)CC1. The molecule has 1 aromatic rings. The quantitative estimate of drug-likeness (QED) is 0.917. The number of halogens is 2. The Morgan fingerprint density at radius 1 is 1.25 bits per heavy atom. The summed E-state index contributed by atoms with van der Waals surface area (Å²) in [5.41, 5.74) is -0.645. The molecule has 2 rings (SSSR count). The molecule has 1 heterocycles. The molecular weight excluding hydrogens is 260 g/mol. The van der Waals surface area contributed by atoms with Crippen molar-refractivity contribution < 1.29 is 13.9 Å². The summed E-state index contributed by atoms with van der Waals surface area (Å²) in [4.78, 5) is 2.33. The molecule has 20 heavy (non-hydrogen) atoms. The normalized spacial score (nSPS) is 24.6. The van der Waals surface area contributed by atoms with Gasteiger partial charge in [-0.25, -0.2) is 8.78 Å². The fourth-order valence-corrected chi connectivity index (χ4v) is 2.98. The van der Waals surface area contributed by atoms with Crippen LogP contribution in [0, 0.1) is 11.6 Å². The minimum Gasteiger partial charge on any atom is -0.389 e. The van der Waals surface area contributed by atoms with Gasteiger partial charge in [-0.3, -0.25) is 0 Å². The van der Waals surface area contributed by atoms with E-state index >= 15 is 0 Å². The van der Waals surface area contributed by atoms with E-state index in [1.54, 1.807) is 0 Å². The maximum atomic E-state index is 13.7. The zero-order valence-electron chi connectivity index (χ0n) is 12.0. The molecule has 1 saturated heterocycles. The minimum atomic E-state index is -0.920. The maximum Gasteiger partial charge on any atom is 0.126 e. The van der Waals surface area contributed by atoms with Crippen LogP contribution >= 0.6 is 0 Å². The van der Waals surface area contributed by atoms with Crippen LogP contribution in [-0.2, 0) is 6.42 Å². The van der Waals surface area contributed by atoms with E-state index in [1.165, 1.54) is 6.07 Å². The molecule has 0 aromatic heterocycles. The van der Waals surface area contributed by atoms with E-state index in [4.69, 9.17) is 0 Å². The molecule has 1 atom stereocenters. The predicted molar refractivity (Wildman–Crippen MR) is 75.6 cm³/mol. The Kier molecular flexibility index (Phi) is 5.11. The van der Waals surface area contributed by atoms with Crippen molar-refractivity contribution in [3.8, 4) is 0 Å². The minimum absolute atomic E-state index is 0.191. The lowest BCUT2D eigenvalue weighted by Crippen LogP contribution is -2.34. The molecular formula is C16H23F2NO. The predicted octanol–water partition coefficient (Wildman–Crippen LogP) is 3.13. The number of hydrogen-bond donors (Lipinski definition) is 1. The summed E-state index contributed by atoms with van der Waals surface area (Å²) in [5.74, 6) is -0.888. The first kappa shape index (κ1) is 15.4. The highest BCUT2D eigenvalue weighted by Gasteiger charge is 2.31. The molecule has 0 spiro atoms. The molecule has 1 aromatic carbocycles. The average molecular weight is 283 g/mol. The molecule has 4 heteroatoms. The van der Waals surface area contributed by atoms with Crippen molar-refractivity contribution in [2.75, 3.05) is 19.6 Å². The summed E-state index contributed by atoms with van der Waals surface area (Å²) in [6, 6.07) is 3.44. The molecule has 1 unspecified atom stereocenters. The molecule has 0 amide bonds. The highest BCUT2D eigenvalue weighted by molar-refractivity contribution is 5.20. The van der Waals surface area contributed by atoms with Gasteiger partial charge in [-0.1, -0.05) is 6.92 Å². The van der Waals surface area contributed by atoms with Crippen LogP contribution in [-0.4, -0.2) is 35.2 Å². The number of benzene rings is 1. The molecule has 112 valence electrons. The van der Waals surface area contributed by atoms with Crippen LogP contribution in [0.25, 0.3) is 0 Å². The zero-order valence-corrected chi connectivity index (χ0v) is 12.0. The van der Waals surface area contributed by atoms with Crippen molar-refractivity contribution in [1.29, 1.82) is 0 Å². The lowest BCUT2D eigenvalue weighted by molar-refractivity contribution is 0.0249. The number of aliphatic hydroxyl groups is 1. The summed E-state index contributed by atoms with van der Waals surface area (Å²) in [6.07, 6.45) is 3.44. The van der Waals surface area contributed by atoms with Gasteiger partial charge in [0.25, 0.3) is 0 Å². The Labute approximate surface area is 119 Å². The third kappa shape index (κ3) is 4.00. The summed E-state index contributed by atoms with van der Waals surface area (Å²) in [7, 11) is 0. The van der Waals surface area contributed by atoms with Crippen LogP contribution in [0.3, 0.4) is 0 Å². The van der Waals surface area contributed by atoms with E-state index in [2.05, 4.69) is 11.8 Å². The van der Waals surface area contributed by atoms with E-state index in [1.807, 2.05) is 0 Å². The monoisotopic (exact) mass is 283 g/mol. The van der Waals surface area contributed by atoms with Gasteiger partial charge in [0.15, 0.2) is 0 Å². The maximum absolute atomic E-state index is 13.7. The lowest BCUT2D eigenvalue weighted by Gasteiger charge is -2.27. The molecule has 1 aliphatic rings. The Bertz CT molecular complexity index is 452. The van der Waals surface area contributed by atoms with Crippen LogP contribution in [0.4, 0.5) is 8.78 Å². The zero-order chi connectivity index (χ0) is 14.6. The Hall–Kier alpha value is -1.00. The van der Waals surface area contributed by atoms with Crippen molar-refractivity contribution in [2.45, 2.75) is 44.6 Å². The molecule has 0 saturated carbocycles. The summed E-state index contributed by atoms with van der Waals surface area (Å²) < 4.78 is 26.9. The Morgan fingerprint density at radius 2 is 2.05 bits per heavy atom. The molecule has 0 radical (unpaired) electrons. The van der Waals surface area contributed by atoms with E-state index in [9.17, 15) is 13.9 Å². The van der Waals surface area contributed by atoms with Gasteiger partial charge in [0.1, 0.15) is 11.6 Å². The highest BCUT2D eigenvalue weighted by atomic mass is 19.1. The van der Waals surface area contributed by atoms with E-state index in [0.717, 1.165) is 44.6 Å². The van der Waals surface area contributed by atoms with E-state index in [0.29, 0.717) is 12.8 Å². The van der Waals surface area contributed by atoms with Crippen LogP contribution in [0.15, 0.2) is 18.2 Å². The van der Waals surface area contributed by atoms with E-state index in [-0.39, 0.29) is 12.0 Å². The fraction of sp³-hybridized carbons (Fsp3) is 0.625. The number of likely N-dealkylation sites (tertiary alicyclic amines) is 1. The molecule has 2 nitrogen and oxygen atoms in total. The van der Waals surface area contributed by atoms with Crippen molar-refractivity contribution >= 4 is 0 Å². The first-order valence-corrected chi connectivity index (χ1v) is 7.41. The first-order valence-electron chi connectivity index (χ1n) is 7.41. The van der Waals surface area contributed by atoms with Crippen molar-refractivity contribution in [1.82, 2.24) is 4.90 Å². The Morgan fingerprint density at radius 3 is 2.80 bits per heavy atom. The third-order valence-corrected chi connectivity index (χ3v) is 4.08. The van der Waals surface area contributed by atoms with Gasteiger partial charge in [-0.15, -0.1) is 0 Å². The van der Waals surface area contributed by atoms with Crippen LogP contribution in [0.1, 0.15) is 38.2 Å². The lowest BCUT2D eigenvalue weighted by atomic mass is 9.87. The van der Waals surface area contributed by atoms with Gasteiger partial charge in [0, 0.05) is 13.0 Å². The molecule has 0 aliphatic carbocycles. The van der Waals surface area contributed by atoms with Crippen molar-refractivity contribution in [3.05, 3.63) is 35.4 Å². The molecule has 1 aliphatic heterocycles. The van der Waals surface area contributed by atoms with Gasteiger partial charge in [0.2, 0.25) is 0 Å². The largest absolute Gasteiger partial charge is 0.389 e. The second-order valence-corrected chi connectivity index (χ2v) is 5.83. The van der Waals surface area contributed by atoms with Crippen LogP contribution < -0.4 is 0 Å². The van der Waals surface area contributed by atoms with Crippen LogP contribution in [0.5, 0.6) is 0 Å². The van der Waals surface area contributed by atoms with E-state index < -0.39 is 17.2 Å². The second-order valence-electron chi connectivity index (χ2n) is 5.83.